The van der Waals surface area contributed by atoms with Crippen molar-refractivity contribution in [1.82, 2.24) is 15.3 Å². The van der Waals surface area contributed by atoms with E-state index >= 15 is 0 Å². The third-order valence-electron chi connectivity index (χ3n) is 2.81. The van der Waals surface area contributed by atoms with Crippen molar-refractivity contribution in [2.24, 2.45) is 0 Å². The van der Waals surface area contributed by atoms with Gasteiger partial charge in [0.15, 0.2) is 11.5 Å². The molecule has 0 fully saturated rings. The van der Waals surface area contributed by atoms with Crippen molar-refractivity contribution in [3.63, 3.8) is 0 Å². The first-order valence-corrected chi connectivity index (χ1v) is 8.11. The zero-order chi connectivity index (χ0) is 17.1. The summed E-state index contributed by atoms with van der Waals surface area (Å²) in [4.78, 5) is 15.8. The number of carbonyl (C=O) groups is 1. The highest BCUT2D eigenvalue weighted by Crippen LogP contribution is 2.21. The van der Waals surface area contributed by atoms with Gasteiger partial charge >= 0.3 is 0 Å². The number of carbonyl (C=O) groups excluding carboxylic acids is 1. The Morgan fingerprint density at radius 2 is 2.17 bits per heavy atom. The van der Waals surface area contributed by atoms with E-state index in [-0.39, 0.29) is 27.5 Å². The maximum atomic E-state index is 13.2. The Morgan fingerprint density at radius 1 is 1.33 bits per heavy atom. The molecular weight excluding hydrogens is 403 g/mol. The lowest BCUT2D eigenvalue weighted by atomic mass is 10.3. The predicted octanol–water partition coefficient (Wildman–Crippen LogP) is 3.12. The molecule has 3 aromatic rings. The van der Waals surface area contributed by atoms with Crippen molar-refractivity contribution in [2.75, 3.05) is 10.6 Å². The molecule has 0 radical (unpaired) electrons. The molecule has 1 aromatic carbocycles. The lowest BCUT2D eigenvalue weighted by Crippen LogP contribution is -2.18. The Bertz CT molecular complexity index is 898. The zero-order valence-electron chi connectivity index (χ0n) is 11.7. The first kappa shape index (κ1) is 16.2. The second-order valence-corrected chi connectivity index (χ2v) is 5.99. The largest absolute Gasteiger partial charge is 0.339 e. The van der Waals surface area contributed by atoms with Crippen molar-refractivity contribution in [3.05, 3.63) is 50.8 Å². The molecule has 8 nitrogen and oxygen atoms in total. The molecule has 24 heavy (non-hydrogen) atoms. The molecule has 0 spiro atoms. The maximum Gasteiger partial charge on any atom is 0.276 e. The Labute approximate surface area is 146 Å². The molecule has 0 aliphatic heterocycles. The normalized spacial score (nSPS) is 10.4. The van der Waals surface area contributed by atoms with Gasteiger partial charge in [0.05, 0.1) is 9.98 Å². The topological polar surface area (TPSA) is 117 Å². The molecule has 0 bridgehead atoms. The average Bonchev–Trinajstić information content (AvgIpc) is 3.22. The van der Waals surface area contributed by atoms with Gasteiger partial charge < -0.3 is 10.6 Å². The van der Waals surface area contributed by atoms with E-state index in [9.17, 15) is 9.18 Å². The molecule has 2 heterocycles. The van der Waals surface area contributed by atoms with E-state index in [0.29, 0.717) is 5.69 Å². The van der Waals surface area contributed by atoms with Crippen LogP contribution in [0.1, 0.15) is 16.2 Å². The summed E-state index contributed by atoms with van der Waals surface area (Å²) in [5.74, 6) is -1.12. The maximum absolute atomic E-state index is 13.2. The smallest absolute Gasteiger partial charge is 0.276 e. The van der Waals surface area contributed by atoms with Gasteiger partial charge in [-0.25, -0.2) is 14.0 Å². The average molecular weight is 411 g/mol. The van der Waals surface area contributed by atoms with E-state index in [2.05, 4.69) is 46.5 Å². The van der Waals surface area contributed by atoms with Crippen LogP contribution >= 0.6 is 27.3 Å². The van der Waals surface area contributed by atoms with Gasteiger partial charge in [0, 0.05) is 11.1 Å². The molecule has 2 aromatic heterocycles. The molecule has 3 rings (SSSR count). The van der Waals surface area contributed by atoms with Crippen molar-refractivity contribution in [1.29, 1.82) is 5.41 Å². The first-order valence-electron chi connectivity index (χ1n) is 6.37. The third-order valence-corrected chi connectivity index (χ3v) is 4.01. The zero-order valence-corrected chi connectivity index (χ0v) is 14.1. The summed E-state index contributed by atoms with van der Waals surface area (Å²) in [7, 11) is 0. The van der Waals surface area contributed by atoms with Crippen LogP contribution in [0.15, 0.2) is 38.2 Å². The van der Waals surface area contributed by atoms with Gasteiger partial charge in [0.25, 0.3) is 5.91 Å². The van der Waals surface area contributed by atoms with Crippen molar-refractivity contribution < 1.29 is 13.8 Å². The molecular formula is C13H8BrFN6O2S. The lowest BCUT2D eigenvalue weighted by molar-refractivity contribution is 0.102. The van der Waals surface area contributed by atoms with Gasteiger partial charge in [-0.2, -0.15) is 0 Å². The summed E-state index contributed by atoms with van der Waals surface area (Å²) < 4.78 is 18.1. The Morgan fingerprint density at radius 3 is 2.88 bits per heavy atom. The predicted molar refractivity (Wildman–Crippen MR) is 88.9 cm³/mol. The number of nitrogens with one attached hydrogen (secondary N) is 3. The van der Waals surface area contributed by atoms with Gasteiger partial charge in [-0.3, -0.25) is 10.2 Å². The first-order chi connectivity index (χ1) is 11.5. The van der Waals surface area contributed by atoms with Gasteiger partial charge in [-0.05, 0) is 44.4 Å². The number of thiazole rings is 1. The number of benzene rings is 1. The number of hydrogen-bond acceptors (Lipinski definition) is 7. The van der Waals surface area contributed by atoms with Gasteiger partial charge in [-0.1, -0.05) is 0 Å². The molecule has 0 aliphatic rings. The van der Waals surface area contributed by atoms with Crippen LogP contribution in [-0.4, -0.2) is 27.0 Å². The molecule has 0 atom stereocenters. The van der Waals surface area contributed by atoms with E-state index < -0.39 is 11.7 Å². The van der Waals surface area contributed by atoms with Crippen molar-refractivity contribution in [3.8, 4) is 0 Å². The van der Waals surface area contributed by atoms with E-state index in [4.69, 9.17) is 5.41 Å². The van der Waals surface area contributed by atoms with Crippen molar-refractivity contribution >= 4 is 50.5 Å². The number of nitrogens with zero attached hydrogens (tertiary/aromatic N) is 3. The number of hydrogen-bond donors (Lipinski definition) is 3. The fraction of sp³-hybridized carbons (Fsp3) is 0. The number of rotatable bonds is 4. The highest BCUT2D eigenvalue weighted by molar-refractivity contribution is 9.10. The summed E-state index contributed by atoms with van der Waals surface area (Å²) in [5.41, 5.74) is 2.19. The quantitative estimate of drug-likeness (QED) is 0.449. The van der Waals surface area contributed by atoms with Crippen LogP contribution in [0.2, 0.25) is 0 Å². The standard InChI is InChI=1S/C13H8BrFN6O2S/c14-7-3-6(1-2-8(7)15)18-11(16)10-12(21-23-20-10)19-13(22)9-4-24-5-17-9/h1-5H,(H2,16,18)(H,19,21,22). The number of halogens is 2. The molecule has 0 unspecified atom stereocenters. The minimum atomic E-state index is -0.495. The van der Waals surface area contributed by atoms with Gasteiger partial charge in [-0.15, -0.1) is 11.3 Å². The number of amides is 1. The van der Waals surface area contributed by atoms with Crippen molar-refractivity contribution in [2.45, 2.75) is 0 Å². The number of anilines is 2. The Kier molecular flexibility index (Phi) is 4.62. The van der Waals surface area contributed by atoms with Crippen LogP contribution in [0.4, 0.5) is 15.9 Å². The molecule has 11 heteroatoms. The van der Waals surface area contributed by atoms with E-state index in [0.717, 1.165) is 0 Å². The fourth-order valence-electron chi connectivity index (χ4n) is 1.71. The second kappa shape index (κ2) is 6.84. The van der Waals surface area contributed by atoms with E-state index in [1.165, 1.54) is 35.0 Å². The molecule has 0 saturated heterocycles. The highest BCUT2D eigenvalue weighted by Gasteiger charge is 2.19. The fourth-order valence-corrected chi connectivity index (χ4v) is 2.62. The van der Waals surface area contributed by atoms with Crippen LogP contribution in [0.5, 0.6) is 0 Å². The van der Waals surface area contributed by atoms with E-state index in [1.54, 1.807) is 5.38 Å². The number of amidine groups is 1. The minimum absolute atomic E-state index is 0.000901. The SMILES string of the molecule is N=C(Nc1ccc(F)c(Br)c1)c1nonc1NC(=O)c1cscn1. The molecule has 1 amide bonds. The third kappa shape index (κ3) is 3.46. The second-order valence-electron chi connectivity index (χ2n) is 4.42. The minimum Gasteiger partial charge on any atom is -0.339 e. The summed E-state index contributed by atoms with van der Waals surface area (Å²) >= 11 is 4.33. The van der Waals surface area contributed by atoms with Crippen LogP contribution < -0.4 is 10.6 Å². The number of aromatic nitrogens is 3. The highest BCUT2D eigenvalue weighted by atomic mass is 79.9. The van der Waals surface area contributed by atoms with Crippen LogP contribution in [-0.2, 0) is 0 Å². The van der Waals surface area contributed by atoms with Crippen LogP contribution in [0.25, 0.3) is 0 Å². The Balaban J connectivity index is 1.75. The summed E-state index contributed by atoms with van der Waals surface area (Å²) in [6, 6.07) is 4.16. The molecule has 0 aliphatic carbocycles. The van der Waals surface area contributed by atoms with Crippen LogP contribution in [0.3, 0.4) is 0 Å². The summed E-state index contributed by atoms with van der Waals surface area (Å²) in [5, 5.41) is 21.9. The summed E-state index contributed by atoms with van der Waals surface area (Å²) in [6.45, 7) is 0. The summed E-state index contributed by atoms with van der Waals surface area (Å²) in [6.07, 6.45) is 0. The van der Waals surface area contributed by atoms with Gasteiger partial charge in [0.2, 0.25) is 5.82 Å². The Hall–Kier alpha value is -2.66. The van der Waals surface area contributed by atoms with Crippen LogP contribution in [0, 0.1) is 11.2 Å². The monoisotopic (exact) mass is 410 g/mol. The van der Waals surface area contributed by atoms with E-state index in [1.807, 2.05) is 0 Å². The molecule has 3 N–H and O–H groups in total. The molecule has 122 valence electrons. The lowest BCUT2D eigenvalue weighted by Gasteiger charge is -2.07. The van der Waals surface area contributed by atoms with Gasteiger partial charge in [0.1, 0.15) is 11.5 Å². The molecule has 0 saturated carbocycles.